The Labute approximate surface area is 121 Å². The number of carbonyl (C=O) groups is 2. The van der Waals surface area contributed by atoms with Crippen LogP contribution in [0, 0.1) is 0 Å². The third-order valence-electron chi connectivity index (χ3n) is 2.58. The first-order chi connectivity index (χ1) is 9.56. The van der Waals surface area contributed by atoms with Gasteiger partial charge >= 0.3 is 6.03 Å². The van der Waals surface area contributed by atoms with E-state index < -0.39 is 11.9 Å². The molecule has 0 saturated carbocycles. The molecule has 104 valence electrons. The van der Waals surface area contributed by atoms with E-state index in [4.69, 9.17) is 0 Å². The normalized spacial score (nSPS) is 10.3. The highest BCUT2D eigenvalue weighted by Gasteiger charge is 2.12. The molecule has 0 spiro atoms. The van der Waals surface area contributed by atoms with Crippen LogP contribution in [0.4, 0.5) is 9.93 Å². The Morgan fingerprint density at radius 1 is 1.20 bits per heavy atom. The molecule has 0 aliphatic heterocycles. The molecule has 2 N–H and O–H groups in total. The maximum absolute atomic E-state index is 11.8. The lowest BCUT2D eigenvalue weighted by Gasteiger charge is -2.04. The van der Waals surface area contributed by atoms with Crippen molar-refractivity contribution < 1.29 is 9.59 Å². The second-order valence-electron chi connectivity index (χ2n) is 4.50. The Kier molecular flexibility index (Phi) is 4.47. The van der Waals surface area contributed by atoms with E-state index in [2.05, 4.69) is 29.5 Å². The van der Waals surface area contributed by atoms with Crippen molar-refractivity contribution in [3.8, 4) is 0 Å². The van der Waals surface area contributed by atoms with Crippen molar-refractivity contribution in [3.05, 3.63) is 47.0 Å². The molecule has 1 aromatic carbocycles. The monoisotopic (exact) mass is 289 g/mol. The topological polar surface area (TPSA) is 71.1 Å². The molecule has 2 rings (SSSR count). The van der Waals surface area contributed by atoms with Crippen molar-refractivity contribution in [1.82, 2.24) is 10.3 Å². The molecule has 0 radical (unpaired) electrons. The fourth-order valence-corrected chi connectivity index (χ4v) is 2.32. The van der Waals surface area contributed by atoms with Crippen molar-refractivity contribution >= 4 is 28.4 Å². The zero-order valence-corrected chi connectivity index (χ0v) is 12.0. The summed E-state index contributed by atoms with van der Waals surface area (Å²) in [5.74, 6) is -0.0826. The number of nitrogens with zero attached hydrogens (tertiary/aromatic N) is 1. The van der Waals surface area contributed by atoms with Crippen LogP contribution in [0.15, 0.2) is 36.5 Å². The highest BCUT2D eigenvalue weighted by molar-refractivity contribution is 7.15. The SMILES string of the molecule is CC(C)c1cnc(NC(=O)NC(=O)c2ccccc2)s1. The van der Waals surface area contributed by atoms with Crippen LogP contribution >= 0.6 is 11.3 Å². The van der Waals surface area contributed by atoms with E-state index in [0.717, 1.165) is 4.88 Å². The molecule has 1 aromatic heterocycles. The summed E-state index contributed by atoms with van der Waals surface area (Å²) in [5, 5.41) is 5.29. The predicted octanol–water partition coefficient (Wildman–Crippen LogP) is 3.23. The van der Waals surface area contributed by atoms with Gasteiger partial charge < -0.3 is 0 Å². The van der Waals surface area contributed by atoms with Crippen LogP contribution in [0.25, 0.3) is 0 Å². The van der Waals surface area contributed by atoms with Crippen molar-refractivity contribution in [2.45, 2.75) is 19.8 Å². The minimum absolute atomic E-state index is 0.358. The summed E-state index contributed by atoms with van der Waals surface area (Å²) in [6.45, 7) is 4.10. The fraction of sp³-hybridized carbons (Fsp3) is 0.214. The van der Waals surface area contributed by atoms with E-state index in [1.54, 1.807) is 36.5 Å². The van der Waals surface area contributed by atoms with Crippen LogP contribution in [-0.2, 0) is 0 Å². The van der Waals surface area contributed by atoms with Crippen molar-refractivity contribution in [3.63, 3.8) is 0 Å². The number of nitrogens with one attached hydrogen (secondary N) is 2. The summed E-state index contributed by atoms with van der Waals surface area (Å²) in [7, 11) is 0. The van der Waals surface area contributed by atoms with E-state index in [1.807, 2.05) is 0 Å². The van der Waals surface area contributed by atoms with Gasteiger partial charge in [-0.3, -0.25) is 15.4 Å². The van der Waals surface area contributed by atoms with Crippen LogP contribution < -0.4 is 10.6 Å². The lowest BCUT2D eigenvalue weighted by Crippen LogP contribution is -2.34. The molecule has 0 aliphatic rings. The number of amides is 3. The van der Waals surface area contributed by atoms with Gasteiger partial charge in [0, 0.05) is 16.6 Å². The van der Waals surface area contributed by atoms with E-state index in [-0.39, 0.29) is 0 Å². The molecule has 0 atom stereocenters. The Morgan fingerprint density at radius 2 is 1.90 bits per heavy atom. The van der Waals surface area contributed by atoms with E-state index in [0.29, 0.717) is 16.6 Å². The lowest BCUT2D eigenvalue weighted by atomic mass is 10.2. The highest BCUT2D eigenvalue weighted by atomic mass is 32.1. The van der Waals surface area contributed by atoms with Gasteiger partial charge in [-0.1, -0.05) is 32.0 Å². The number of rotatable bonds is 3. The molecule has 0 aliphatic carbocycles. The first kappa shape index (κ1) is 14.2. The van der Waals surface area contributed by atoms with E-state index >= 15 is 0 Å². The zero-order chi connectivity index (χ0) is 14.5. The molecular weight excluding hydrogens is 274 g/mol. The minimum Gasteiger partial charge on any atom is -0.283 e. The number of imide groups is 1. The second kappa shape index (κ2) is 6.29. The minimum atomic E-state index is -0.580. The molecule has 5 nitrogen and oxygen atoms in total. The van der Waals surface area contributed by atoms with Gasteiger partial charge in [-0.05, 0) is 18.1 Å². The first-order valence-corrected chi connectivity index (χ1v) is 7.01. The Balaban J connectivity index is 1.93. The van der Waals surface area contributed by atoms with Crippen molar-refractivity contribution in [2.75, 3.05) is 5.32 Å². The van der Waals surface area contributed by atoms with Crippen LogP contribution in [0.2, 0.25) is 0 Å². The maximum Gasteiger partial charge on any atom is 0.327 e. The summed E-state index contributed by atoms with van der Waals surface area (Å²) in [6, 6.07) is 7.99. The molecule has 1 heterocycles. The summed E-state index contributed by atoms with van der Waals surface area (Å²) in [6.07, 6.45) is 1.73. The molecule has 0 bridgehead atoms. The lowest BCUT2D eigenvalue weighted by molar-refractivity contribution is 0.0967. The summed E-state index contributed by atoms with van der Waals surface area (Å²) in [4.78, 5) is 28.6. The average molecular weight is 289 g/mol. The van der Waals surface area contributed by atoms with E-state index in [9.17, 15) is 9.59 Å². The molecule has 2 aromatic rings. The number of aromatic nitrogens is 1. The van der Waals surface area contributed by atoms with E-state index in [1.165, 1.54) is 11.3 Å². The smallest absolute Gasteiger partial charge is 0.283 e. The average Bonchev–Trinajstić information content (AvgIpc) is 2.88. The number of thiazole rings is 1. The van der Waals surface area contributed by atoms with Crippen LogP contribution in [0.5, 0.6) is 0 Å². The summed E-state index contributed by atoms with van der Waals surface area (Å²) >= 11 is 1.40. The number of carbonyl (C=O) groups excluding carboxylic acids is 2. The largest absolute Gasteiger partial charge is 0.327 e. The van der Waals surface area contributed by atoms with Gasteiger partial charge in [0.25, 0.3) is 5.91 Å². The Morgan fingerprint density at radius 3 is 2.50 bits per heavy atom. The Bertz CT molecular complexity index is 608. The predicted molar refractivity (Wildman–Crippen MR) is 79.1 cm³/mol. The van der Waals surface area contributed by atoms with Crippen molar-refractivity contribution in [1.29, 1.82) is 0 Å². The molecule has 20 heavy (non-hydrogen) atoms. The number of hydrogen-bond donors (Lipinski definition) is 2. The van der Waals surface area contributed by atoms with Crippen LogP contribution in [0.1, 0.15) is 35.0 Å². The highest BCUT2D eigenvalue weighted by Crippen LogP contribution is 2.24. The Hall–Kier alpha value is -2.21. The van der Waals surface area contributed by atoms with Crippen LogP contribution in [-0.4, -0.2) is 16.9 Å². The van der Waals surface area contributed by atoms with Gasteiger partial charge in [-0.15, -0.1) is 11.3 Å². The summed E-state index contributed by atoms with van der Waals surface area (Å²) < 4.78 is 0. The van der Waals surface area contributed by atoms with Gasteiger partial charge in [0.1, 0.15) is 0 Å². The molecule has 0 unspecified atom stereocenters. The third-order valence-corrected chi connectivity index (χ3v) is 3.79. The standard InChI is InChI=1S/C14H15N3O2S/c1-9(2)11-8-15-14(20-11)17-13(19)16-12(18)10-6-4-3-5-7-10/h3-9H,1-2H3,(H2,15,16,17,18,19). The fourth-order valence-electron chi connectivity index (χ4n) is 1.50. The van der Waals surface area contributed by atoms with Gasteiger partial charge in [-0.2, -0.15) is 0 Å². The number of urea groups is 1. The summed E-state index contributed by atoms with van der Waals surface area (Å²) in [5.41, 5.74) is 0.435. The first-order valence-electron chi connectivity index (χ1n) is 6.19. The number of hydrogen-bond acceptors (Lipinski definition) is 4. The number of anilines is 1. The number of benzene rings is 1. The van der Waals surface area contributed by atoms with Gasteiger partial charge in [0.15, 0.2) is 5.13 Å². The maximum atomic E-state index is 11.8. The van der Waals surface area contributed by atoms with Gasteiger partial charge in [0.2, 0.25) is 0 Å². The molecule has 3 amide bonds. The molecular formula is C14H15N3O2S. The molecule has 6 heteroatoms. The van der Waals surface area contributed by atoms with Gasteiger partial charge in [-0.25, -0.2) is 9.78 Å². The van der Waals surface area contributed by atoms with Crippen LogP contribution in [0.3, 0.4) is 0 Å². The molecule has 0 saturated heterocycles. The van der Waals surface area contributed by atoms with Crippen molar-refractivity contribution in [2.24, 2.45) is 0 Å². The quantitative estimate of drug-likeness (QED) is 0.911. The van der Waals surface area contributed by atoms with Gasteiger partial charge in [0.05, 0.1) is 0 Å². The zero-order valence-electron chi connectivity index (χ0n) is 11.2. The second-order valence-corrected chi connectivity index (χ2v) is 5.56. The molecule has 0 fully saturated rings. The third kappa shape index (κ3) is 3.64.